The predicted molar refractivity (Wildman–Crippen MR) is 103 cm³/mol. The zero-order chi connectivity index (χ0) is 19.2. The second kappa shape index (κ2) is 8.41. The minimum Gasteiger partial charge on any atom is -0.497 e. The maximum absolute atomic E-state index is 11.9. The highest BCUT2D eigenvalue weighted by Gasteiger charge is 2.24. The van der Waals surface area contributed by atoms with E-state index in [1.807, 2.05) is 0 Å². The molecule has 138 valence electrons. The number of carbonyl (C=O) groups excluding carboxylic acids is 3. The standard InChI is InChI=1S/C19H16N2O5S/c1-25-14-8-4-13(5-9-14)20-17(22)11-26-15-6-2-12(3-7-15)10-16-18(23)21-19(24)27-16/h2-10H,11H2,1H3,(H,20,22)(H,21,23,24)/b16-10-. The molecule has 1 heterocycles. The number of ether oxygens (including phenoxy) is 2. The molecule has 0 aromatic heterocycles. The van der Waals surface area contributed by atoms with Gasteiger partial charge in [-0.3, -0.25) is 19.7 Å². The first kappa shape index (κ1) is 18.5. The zero-order valence-electron chi connectivity index (χ0n) is 14.4. The van der Waals surface area contributed by atoms with Crippen molar-refractivity contribution in [3.63, 3.8) is 0 Å². The number of rotatable bonds is 6. The Morgan fingerprint density at radius 2 is 1.74 bits per heavy atom. The molecule has 1 saturated heterocycles. The molecule has 0 aliphatic carbocycles. The van der Waals surface area contributed by atoms with E-state index in [0.717, 1.165) is 17.3 Å². The lowest BCUT2D eigenvalue weighted by atomic mass is 10.2. The number of hydrogen-bond acceptors (Lipinski definition) is 6. The van der Waals surface area contributed by atoms with Gasteiger partial charge in [0.1, 0.15) is 11.5 Å². The van der Waals surface area contributed by atoms with Gasteiger partial charge in [-0.2, -0.15) is 0 Å². The smallest absolute Gasteiger partial charge is 0.290 e. The lowest BCUT2D eigenvalue weighted by molar-refractivity contribution is -0.118. The summed E-state index contributed by atoms with van der Waals surface area (Å²) in [5.41, 5.74) is 1.39. The molecule has 1 fully saturated rings. The number of thioether (sulfide) groups is 1. The van der Waals surface area contributed by atoms with Crippen molar-refractivity contribution in [1.29, 1.82) is 0 Å². The molecule has 1 aliphatic heterocycles. The van der Waals surface area contributed by atoms with Crippen LogP contribution in [0.4, 0.5) is 10.5 Å². The van der Waals surface area contributed by atoms with Gasteiger partial charge in [0.25, 0.3) is 17.1 Å². The van der Waals surface area contributed by atoms with Gasteiger partial charge in [0.15, 0.2) is 6.61 Å². The molecule has 27 heavy (non-hydrogen) atoms. The molecule has 3 amide bonds. The van der Waals surface area contributed by atoms with E-state index in [1.54, 1.807) is 61.7 Å². The summed E-state index contributed by atoms with van der Waals surface area (Å²) < 4.78 is 10.5. The largest absolute Gasteiger partial charge is 0.497 e. The lowest BCUT2D eigenvalue weighted by Gasteiger charge is -2.08. The van der Waals surface area contributed by atoms with Crippen molar-refractivity contribution >= 4 is 40.6 Å². The molecule has 2 N–H and O–H groups in total. The molecule has 0 radical (unpaired) electrons. The Balaban J connectivity index is 1.52. The van der Waals surface area contributed by atoms with Gasteiger partial charge in [0, 0.05) is 5.69 Å². The number of nitrogens with one attached hydrogen (secondary N) is 2. The number of amides is 3. The first-order valence-electron chi connectivity index (χ1n) is 7.95. The van der Waals surface area contributed by atoms with Gasteiger partial charge >= 0.3 is 0 Å². The van der Waals surface area contributed by atoms with Gasteiger partial charge < -0.3 is 14.8 Å². The molecule has 0 unspecified atom stereocenters. The number of methoxy groups -OCH3 is 1. The number of carbonyl (C=O) groups is 3. The normalized spacial score (nSPS) is 14.8. The average Bonchev–Trinajstić information content (AvgIpc) is 2.98. The number of imide groups is 1. The van der Waals surface area contributed by atoms with Crippen molar-refractivity contribution < 1.29 is 23.9 Å². The van der Waals surface area contributed by atoms with Gasteiger partial charge in [0.2, 0.25) is 0 Å². The Labute approximate surface area is 159 Å². The van der Waals surface area contributed by atoms with E-state index in [2.05, 4.69) is 10.6 Å². The van der Waals surface area contributed by atoms with Crippen molar-refractivity contribution in [2.75, 3.05) is 19.0 Å². The second-order valence-corrected chi connectivity index (χ2v) is 6.50. The van der Waals surface area contributed by atoms with Crippen molar-refractivity contribution in [2.45, 2.75) is 0 Å². The number of anilines is 1. The van der Waals surface area contributed by atoms with Crippen molar-refractivity contribution in [2.24, 2.45) is 0 Å². The zero-order valence-corrected chi connectivity index (χ0v) is 15.2. The molecule has 0 bridgehead atoms. The SMILES string of the molecule is COc1ccc(NC(=O)COc2ccc(/C=C3\SC(=O)NC3=O)cc2)cc1. The van der Waals surface area contributed by atoms with E-state index < -0.39 is 5.91 Å². The monoisotopic (exact) mass is 384 g/mol. The van der Waals surface area contributed by atoms with Crippen LogP contribution in [0.2, 0.25) is 0 Å². The summed E-state index contributed by atoms with van der Waals surface area (Å²) in [7, 11) is 1.57. The van der Waals surface area contributed by atoms with Crippen LogP contribution >= 0.6 is 11.8 Å². The summed E-state index contributed by atoms with van der Waals surface area (Å²) in [5.74, 6) is 0.531. The molecular weight excluding hydrogens is 368 g/mol. The van der Waals surface area contributed by atoms with Crippen LogP contribution in [0.25, 0.3) is 6.08 Å². The van der Waals surface area contributed by atoms with Gasteiger partial charge in [0.05, 0.1) is 12.0 Å². The Morgan fingerprint density at radius 3 is 2.33 bits per heavy atom. The van der Waals surface area contributed by atoms with E-state index in [0.29, 0.717) is 22.1 Å². The minimum absolute atomic E-state index is 0.140. The van der Waals surface area contributed by atoms with Crippen LogP contribution in [0.15, 0.2) is 53.4 Å². The third-order valence-electron chi connectivity index (χ3n) is 3.56. The van der Waals surface area contributed by atoms with Crippen LogP contribution in [-0.2, 0) is 9.59 Å². The molecule has 8 heteroatoms. The Hall–Kier alpha value is -3.26. The van der Waals surface area contributed by atoms with Crippen molar-refractivity contribution in [1.82, 2.24) is 5.32 Å². The number of hydrogen-bond donors (Lipinski definition) is 2. The second-order valence-electron chi connectivity index (χ2n) is 5.49. The van der Waals surface area contributed by atoms with Crippen LogP contribution in [0, 0.1) is 0 Å². The number of benzene rings is 2. The molecule has 1 aliphatic rings. The maximum Gasteiger partial charge on any atom is 0.290 e. The van der Waals surface area contributed by atoms with Gasteiger partial charge in [-0.05, 0) is 59.8 Å². The Morgan fingerprint density at radius 1 is 1.07 bits per heavy atom. The first-order chi connectivity index (χ1) is 13.0. The Bertz CT molecular complexity index is 891. The predicted octanol–water partition coefficient (Wildman–Crippen LogP) is 3.04. The summed E-state index contributed by atoms with van der Waals surface area (Å²) in [6, 6.07) is 13.8. The van der Waals surface area contributed by atoms with Crippen LogP contribution in [0.5, 0.6) is 11.5 Å². The fourth-order valence-corrected chi connectivity index (χ4v) is 2.94. The van der Waals surface area contributed by atoms with Crippen LogP contribution in [-0.4, -0.2) is 30.8 Å². The molecule has 0 atom stereocenters. The molecule has 7 nitrogen and oxygen atoms in total. The van der Waals surface area contributed by atoms with Gasteiger partial charge in [-0.15, -0.1) is 0 Å². The van der Waals surface area contributed by atoms with Gasteiger partial charge in [-0.25, -0.2) is 0 Å². The highest BCUT2D eigenvalue weighted by molar-refractivity contribution is 8.18. The maximum atomic E-state index is 11.9. The lowest BCUT2D eigenvalue weighted by Crippen LogP contribution is -2.20. The molecule has 0 saturated carbocycles. The molecule has 2 aromatic rings. The highest BCUT2D eigenvalue weighted by Crippen LogP contribution is 2.26. The third kappa shape index (κ3) is 5.11. The fourth-order valence-electron chi connectivity index (χ4n) is 2.25. The summed E-state index contributed by atoms with van der Waals surface area (Å²) >= 11 is 0.859. The summed E-state index contributed by atoms with van der Waals surface area (Å²) in [4.78, 5) is 35.0. The Kier molecular flexibility index (Phi) is 5.77. The molecular formula is C19H16N2O5S. The first-order valence-corrected chi connectivity index (χ1v) is 8.77. The van der Waals surface area contributed by atoms with E-state index in [9.17, 15) is 14.4 Å². The summed E-state index contributed by atoms with van der Waals surface area (Å²) in [6.45, 7) is -0.140. The summed E-state index contributed by atoms with van der Waals surface area (Å²) in [5, 5.41) is 4.54. The van der Waals surface area contributed by atoms with Crippen LogP contribution < -0.4 is 20.1 Å². The molecule has 0 spiro atoms. The van der Waals surface area contributed by atoms with E-state index in [4.69, 9.17) is 9.47 Å². The fraction of sp³-hybridized carbons (Fsp3) is 0.105. The topological polar surface area (TPSA) is 93.7 Å². The quantitative estimate of drug-likeness (QED) is 0.744. The van der Waals surface area contributed by atoms with Crippen LogP contribution in [0.1, 0.15) is 5.56 Å². The van der Waals surface area contributed by atoms with E-state index in [1.165, 1.54) is 0 Å². The molecule has 2 aromatic carbocycles. The highest BCUT2D eigenvalue weighted by atomic mass is 32.2. The third-order valence-corrected chi connectivity index (χ3v) is 4.37. The summed E-state index contributed by atoms with van der Waals surface area (Å²) in [6.07, 6.45) is 1.62. The van der Waals surface area contributed by atoms with Crippen molar-refractivity contribution in [3.8, 4) is 11.5 Å². The van der Waals surface area contributed by atoms with Crippen molar-refractivity contribution in [3.05, 3.63) is 59.0 Å². The average molecular weight is 384 g/mol. The van der Waals surface area contributed by atoms with E-state index >= 15 is 0 Å². The molecule has 3 rings (SSSR count). The van der Waals surface area contributed by atoms with Gasteiger partial charge in [-0.1, -0.05) is 12.1 Å². The minimum atomic E-state index is -0.402. The van der Waals surface area contributed by atoms with E-state index in [-0.39, 0.29) is 17.8 Å². The van der Waals surface area contributed by atoms with Crippen LogP contribution in [0.3, 0.4) is 0 Å².